The third kappa shape index (κ3) is 1.37. The van der Waals surface area contributed by atoms with Crippen molar-refractivity contribution in [1.82, 2.24) is 10.2 Å². The molecule has 0 aromatic carbocycles. The van der Waals surface area contributed by atoms with Crippen LogP contribution in [0.1, 0.15) is 19.8 Å². The molecular weight excluding hydrogens is 150 g/mol. The van der Waals surface area contributed by atoms with Gasteiger partial charge < -0.3 is 11.1 Å². The van der Waals surface area contributed by atoms with E-state index in [-0.39, 0.29) is 6.17 Å². The minimum Gasteiger partial charge on any atom is -0.316 e. The minimum absolute atomic E-state index is 0.248. The van der Waals surface area contributed by atoms with Crippen molar-refractivity contribution in [3.63, 3.8) is 0 Å². The first-order chi connectivity index (χ1) is 5.79. The van der Waals surface area contributed by atoms with Gasteiger partial charge in [0.2, 0.25) is 0 Å². The molecule has 2 rings (SSSR count). The molecule has 0 aromatic rings. The Balaban J connectivity index is 2.01. The number of hydrogen-bond donors (Lipinski definition) is 2. The summed E-state index contributed by atoms with van der Waals surface area (Å²) in [4.78, 5) is 2.46. The lowest BCUT2D eigenvalue weighted by Gasteiger charge is -2.34. The number of hydrogen-bond acceptors (Lipinski definition) is 3. The molecule has 3 unspecified atom stereocenters. The van der Waals surface area contributed by atoms with E-state index in [4.69, 9.17) is 5.73 Å². The summed E-state index contributed by atoms with van der Waals surface area (Å²) >= 11 is 0. The summed E-state index contributed by atoms with van der Waals surface area (Å²) in [6, 6.07) is 0.770. The van der Waals surface area contributed by atoms with Crippen LogP contribution in [0.3, 0.4) is 0 Å². The Morgan fingerprint density at radius 2 is 2.33 bits per heavy atom. The zero-order valence-electron chi connectivity index (χ0n) is 7.79. The van der Waals surface area contributed by atoms with Gasteiger partial charge in [-0.25, -0.2) is 0 Å². The van der Waals surface area contributed by atoms with Crippen molar-refractivity contribution in [2.75, 3.05) is 19.6 Å². The number of rotatable bonds is 1. The van der Waals surface area contributed by atoms with Gasteiger partial charge in [-0.3, -0.25) is 4.90 Å². The maximum Gasteiger partial charge on any atom is 0.0545 e. The summed E-state index contributed by atoms with van der Waals surface area (Å²) < 4.78 is 0. The van der Waals surface area contributed by atoms with E-state index in [1.54, 1.807) is 0 Å². The van der Waals surface area contributed by atoms with E-state index in [0.29, 0.717) is 0 Å². The van der Waals surface area contributed by atoms with Gasteiger partial charge in [-0.05, 0) is 38.8 Å². The molecule has 2 saturated heterocycles. The standard InChI is InChI=1S/C9H19N3/c1-7(10)12-5-3-8-6-11-4-2-9(8)12/h7-9,11H,2-6,10H2,1H3. The summed E-state index contributed by atoms with van der Waals surface area (Å²) in [6.45, 7) is 5.68. The highest BCUT2D eigenvalue weighted by molar-refractivity contribution is 4.92. The van der Waals surface area contributed by atoms with Gasteiger partial charge in [0.05, 0.1) is 6.17 Å². The fourth-order valence-corrected chi connectivity index (χ4v) is 2.63. The lowest BCUT2D eigenvalue weighted by Crippen LogP contribution is -2.49. The molecule has 2 fully saturated rings. The summed E-state index contributed by atoms with van der Waals surface area (Å²) in [6.07, 6.45) is 2.86. The predicted octanol–water partition coefficient (Wildman–Crippen LogP) is -0.0251. The van der Waals surface area contributed by atoms with Crippen LogP contribution in [0.15, 0.2) is 0 Å². The van der Waals surface area contributed by atoms with Crippen LogP contribution in [0, 0.1) is 5.92 Å². The largest absolute Gasteiger partial charge is 0.316 e. The van der Waals surface area contributed by atoms with Crippen LogP contribution in [0.2, 0.25) is 0 Å². The molecule has 2 heterocycles. The lowest BCUT2D eigenvalue weighted by atomic mass is 9.94. The van der Waals surface area contributed by atoms with Crippen molar-refractivity contribution in [2.45, 2.75) is 32.0 Å². The topological polar surface area (TPSA) is 41.3 Å². The van der Waals surface area contributed by atoms with Crippen molar-refractivity contribution in [3.8, 4) is 0 Å². The van der Waals surface area contributed by atoms with Crippen LogP contribution >= 0.6 is 0 Å². The zero-order chi connectivity index (χ0) is 8.55. The molecule has 0 aromatic heterocycles. The maximum atomic E-state index is 5.91. The molecule has 0 radical (unpaired) electrons. The summed E-state index contributed by atoms with van der Waals surface area (Å²) in [5.41, 5.74) is 5.91. The second-order valence-electron chi connectivity index (χ2n) is 4.09. The molecule has 3 atom stereocenters. The number of nitrogens with zero attached hydrogens (tertiary/aromatic N) is 1. The van der Waals surface area contributed by atoms with Gasteiger partial charge >= 0.3 is 0 Å². The average Bonchev–Trinajstić information content (AvgIpc) is 2.47. The first kappa shape index (κ1) is 8.48. The normalized spacial score (nSPS) is 39.5. The van der Waals surface area contributed by atoms with Crippen molar-refractivity contribution in [2.24, 2.45) is 11.7 Å². The monoisotopic (exact) mass is 169 g/mol. The zero-order valence-corrected chi connectivity index (χ0v) is 7.79. The van der Waals surface area contributed by atoms with Crippen molar-refractivity contribution in [3.05, 3.63) is 0 Å². The Morgan fingerprint density at radius 1 is 1.50 bits per heavy atom. The van der Waals surface area contributed by atoms with E-state index >= 15 is 0 Å². The van der Waals surface area contributed by atoms with Crippen molar-refractivity contribution in [1.29, 1.82) is 0 Å². The fourth-order valence-electron chi connectivity index (χ4n) is 2.63. The van der Waals surface area contributed by atoms with Gasteiger partial charge in [0.15, 0.2) is 0 Å². The number of piperidine rings is 1. The number of nitrogens with one attached hydrogen (secondary N) is 1. The third-order valence-corrected chi connectivity index (χ3v) is 3.27. The summed E-state index contributed by atoms with van der Waals surface area (Å²) in [5.74, 6) is 0.866. The van der Waals surface area contributed by atoms with Crippen LogP contribution in [0.4, 0.5) is 0 Å². The van der Waals surface area contributed by atoms with E-state index < -0.39 is 0 Å². The quantitative estimate of drug-likeness (QED) is 0.579. The first-order valence-electron chi connectivity index (χ1n) is 5.01. The van der Waals surface area contributed by atoms with Crippen LogP contribution in [0.5, 0.6) is 0 Å². The van der Waals surface area contributed by atoms with Crippen LogP contribution in [-0.2, 0) is 0 Å². The fraction of sp³-hybridized carbons (Fsp3) is 1.00. The second-order valence-corrected chi connectivity index (χ2v) is 4.09. The number of fused-ring (bicyclic) bond motifs is 1. The van der Waals surface area contributed by atoms with E-state index in [2.05, 4.69) is 17.1 Å². The SMILES string of the molecule is CC(N)N1CCC2CNCCC21. The van der Waals surface area contributed by atoms with Gasteiger partial charge in [-0.15, -0.1) is 0 Å². The average molecular weight is 169 g/mol. The Kier molecular flexibility index (Phi) is 2.35. The Bertz CT molecular complexity index is 158. The highest BCUT2D eigenvalue weighted by atomic mass is 15.3. The van der Waals surface area contributed by atoms with Crippen molar-refractivity contribution < 1.29 is 0 Å². The van der Waals surface area contributed by atoms with E-state index in [1.807, 2.05) is 0 Å². The third-order valence-electron chi connectivity index (χ3n) is 3.27. The highest BCUT2D eigenvalue weighted by Gasteiger charge is 2.36. The summed E-state index contributed by atoms with van der Waals surface area (Å²) in [7, 11) is 0. The molecule has 12 heavy (non-hydrogen) atoms. The van der Waals surface area contributed by atoms with E-state index in [1.165, 1.54) is 32.5 Å². The molecule has 3 heteroatoms. The molecule has 0 bridgehead atoms. The molecular formula is C9H19N3. The molecule has 0 aliphatic carbocycles. The molecule has 2 aliphatic heterocycles. The van der Waals surface area contributed by atoms with E-state index in [0.717, 1.165) is 12.0 Å². The van der Waals surface area contributed by atoms with Gasteiger partial charge in [0, 0.05) is 12.6 Å². The predicted molar refractivity (Wildman–Crippen MR) is 49.7 cm³/mol. The van der Waals surface area contributed by atoms with Gasteiger partial charge in [-0.1, -0.05) is 0 Å². The lowest BCUT2D eigenvalue weighted by molar-refractivity contribution is 0.150. The smallest absolute Gasteiger partial charge is 0.0545 e. The van der Waals surface area contributed by atoms with E-state index in [9.17, 15) is 0 Å². The Morgan fingerprint density at radius 3 is 3.08 bits per heavy atom. The van der Waals surface area contributed by atoms with Gasteiger partial charge in [0.25, 0.3) is 0 Å². The Hall–Kier alpha value is -0.120. The van der Waals surface area contributed by atoms with Crippen LogP contribution < -0.4 is 11.1 Å². The number of likely N-dealkylation sites (tertiary alicyclic amines) is 1. The second kappa shape index (κ2) is 3.32. The molecule has 0 saturated carbocycles. The molecule has 70 valence electrons. The molecule has 0 spiro atoms. The van der Waals surface area contributed by atoms with Crippen molar-refractivity contribution >= 4 is 0 Å². The van der Waals surface area contributed by atoms with Gasteiger partial charge in [-0.2, -0.15) is 0 Å². The summed E-state index contributed by atoms with van der Waals surface area (Å²) in [5, 5.41) is 3.45. The molecule has 3 nitrogen and oxygen atoms in total. The molecule has 2 aliphatic rings. The molecule has 3 N–H and O–H groups in total. The van der Waals surface area contributed by atoms with Gasteiger partial charge in [0.1, 0.15) is 0 Å². The first-order valence-corrected chi connectivity index (χ1v) is 5.01. The van der Waals surface area contributed by atoms with Crippen LogP contribution in [-0.4, -0.2) is 36.7 Å². The Labute approximate surface area is 74.3 Å². The number of nitrogens with two attached hydrogens (primary N) is 1. The highest BCUT2D eigenvalue weighted by Crippen LogP contribution is 2.28. The maximum absolute atomic E-state index is 5.91. The minimum atomic E-state index is 0.248. The molecule has 0 amide bonds. The van der Waals surface area contributed by atoms with Crippen LogP contribution in [0.25, 0.3) is 0 Å².